The quantitative estimate of drug-likeness (QED) is 0.296. The Balaban J connectivity index is 0.000000644. The van der Waals surface area contributed by atoms with E-state index in [2.05, 4.69) is 9.47 Å². The number of hydrogen-bond acceptors (Lipinski definition) is 4. The first-order chi connectivity index (χ1) is 22.1. The van der Waals surface area contributed by atoms with Crippen molar-refractivity contribution in [2.75, 3.05) is 32.7 Å². The summed E-state index contributed by atoms with van der Waals surface area (Å²) in [7, 11) is 0. The Kier molecular flexibility index (Phi) is 11.5. The van der Waals surface area contributed by atoms with Gasteiger partial charge in [0.25, 0.3) is 5.91 Å². The smallest absolute Gasteiger partial charge is 0.475 e. The molecule has 0 spiro atoms. The Morgan fingerprint density at radius 3 is 2.11 bits per heavy atom. The zero-order valence-electron chi connectivity index (χ0n) is 25.3. The van der Waals surface area contributed by atoms with Crippen molar-refractivity contribution in [2.24, 2.45) is 0 Å². The van der Waals surface area contributed by atoms with Gasteiger partial charge in [-0.3, -0.25) is 9.59 Å². The number of benzene rings is 2. The standard InChI is InChI=1S/C30H34F4N4O2.C2HF3O2/c31-26-9-8-21(19-35-29(40)30(32,33)34)18-24(26)22-10-14-37(15-11-22)28(39)25-20-38(27-7-3-2-6-23(25)27)17-16-36-12-4-1-5-13-36;3-2(4,5)1(6)7/h2-3,6-9,18,20,22H,1,4-5,10-17,19H2,(H,35,40);(H,6,7). The van der Waals surface area contributed by atoms with E-state index >= 15 is 0 Å². The zero-order valence-corrected chi connectivity index (χ0v) is 25.3. The number of alkyl halides is 6. The van der Waals surface area contributed by atoms with Gasteiger partial charge in [-0.05, 0) is 68.0 Å². The van der Waals surface area contributed by atoms with Crippen LogP contribution in [0.25, 0.3) is 10.9 Å². The van der Waals surface area contributed by atoms with E-state index in [-0.39, 0.29) is 18.4 Å². The molecule has 2 N–H and O–H groups in total. The maximum atomic E-state index is 14.7. The Morgan fingerprint density at radius 1 is 0.851 bits per heavy atom. The topological polar surface area (TPSA) is 94.9 Å². The van der Waals surface area contributed by atoms with Gasteiger partial charge in [0.05, 0.1) is 5.56 Å². The number of carbonyl (C=O) groups is 3. The highest BCUT2D eigenvalue weighted by atomic mass is 19.4. The number of nitrogens with zero attached hydrogens (tertiary/aromatic N) is 3. The molecular formula is C32H35F7N4O4. The fourth-order valence-electron chi connectivity index (χ4n) is 5.90. The van der Waals surface area contributed by atoms with E-state index < -0.39 is 30.0 Å². The molecule has 2 aliphatic rings. The molecule has 256 valence electrons. The Hall–Kier alpha value is -4.14. The molecule has 2 saturated heterocycles. The third-order valence-electron chi connectivity index (χ3n) is 8.36. The van der Waals surface area contributed by atoms with E-state index in [0.29, 0.717) is 42.6 Å². The summed E-state index contributed by atoms with van der Waals surface area (Å²) in [6.45, 7) is 4.55. The number of carboxylic acids is 1. The molecule has 0 bridgehead atoms. The first-order valence-electron chi connectivity index (χ1n) is 15.2. The molecule has 1 aromatic heterocycles. The van der Waals surface area contributed by atoms with Crippen molar-refractivity contribution in [3.8, 4) is 0 Å². The van der Waals surface area contributed by atoms with E-state index in [1.165, 1.54) is 37.5 Å². The van der Waals surface area contributed by atoms with Gasteiger partial charge >= 0.3 is 24.2 Å². The number of carbonyl (C=O) groups excluding carboxylic acids is 2. The van der Waals surface area contributed by atoms with Crippen molar-refractivity contribution in [1.82, 2.24) is 19.7 Å². The summed E-state index contributed by atoms with van der Waals surface area (Å²) in [6, 6.07) is 12.1. The van der Waals surface area contributed by atoms with E-state index in [9.17, 15) is 40.3 Å². The number of likely N-dealkylation sites (tertiary alicyclic amines) is 2. The third kappa shape index (κ3) is 9.46. The number of carboxylic acid groups (broad SMARTS) is 1. The number of para-hydroxylation sites is 1. The van der Waals surface area contributed by atoms with Gasteiger partial charge < -0.3 is 24.8 Å². The van der Waals surface area contributed by atoms with Crippen LogP contribution >= 0.6 is 0 Å². The van der Waals surface area contributed by atoms with E-state index in [4.69, 9.17) is 9.90 Å². The van der Waals surface area contributed by atoms with Gasteiger partial charge in [-0.15, -0.1) is 0 Å². The van der Waals surface area contributed by atoms with Crippen LogP contribution in [-0.2, 0) is 22.7 Å². The normalized spacial score (nSPS) is 16.4. The van der Waals surface area contributed by atoms with Crippen molar-refractivity contribution < 1.29 is 50.2 Å². The zero-order chi connectivity index (χ0) is 34.4. The van der Waals surface area contributed by atoms with Crippen molar-refractivity contribution >= 4 is 28.7 Å². The molecule has 5 rings (SSSR count). The second-order valence-corrected chi connectivity index (χ2v) is 11.6. The lowest BCUT2D eigenvalue weighted by Gasteiger charge is -2.32. The molecule has 2 amide bonds. The van der Waals surface area contributed by atoms with Gasteiger partial charge in [-0.1, -0.05) is 36.8 Å². The molecule has 2 fully saturated rings. The average molecular weight is 673 g/mol. The lowest BCUT2D eigenvalue weighted by Crippen LogP contribution is -2.38. The largest absolute Gasteiger partial charge is 0.490 e. The Labute approximate surface area is 266 Å². The highest BCUT2D eigenvalue weighted by Gasteiger charge is 2.39. The Morgan fingerprint density at radius 2 is 1.49 bits per heavy atom. The van der Waals surface area contributed by atoms with Gasteiger partial charge in [0.1, 0.15) is 5.82 Å². The number of aliphatic carboxylic acids is 1. The SMILES string of the molecule is O=C(O)C(F)(F)F.O=C(c1cn(CCN2CCCCC2)c2ccccc12)N1CCC(c2cc(CNC(=O)C(F)(F)F)ccc2F)CC1. The maximum Gasteiger partial charge on any atom is 0.490 e. The predicted molar refractivity (Wildman–Crippen MR) is 158 cm³/mol. The lowest BCUT2D eigenvalue weighted by atomic mass is 9.88. The number of amides is 2. The molecular weight excluding hydrogens is 637 g/mol. The first-order valence-corrected chi connectivity index (χ1v) is 15.2. The maximum absolute atomic E-state index is 14.7. The molecule has 8 nitrogen and oxygen atoms in total. The lowest BCUT2D eigenvalue weighted by molar-refractivity contribution is -0.192. The van der Waals surface area contributed by atoms with Gasteiger partial charge in [0, 0.05) is 49.8 Å². The van der Waals surface area contributed by atoms with E-state index in [1.54, 1.807) is 4.90 Å². The molecule has 47 heavy (non-hydrogen) atoms. The molecule has 0 radical (unpaired) electrons. The fraction of sp³-hybridized carbons (Fsp3) is 0.469. The molecule has 2 aliphatic heterocycles. The van der Waals surface area contributed by atoms with Crippen LogP contribution in [0.4, 0.5) is 30.7 Å². The predicted octanol–water partition coefficient (Wildman–Crippen LogP) is 6.10. The summed E-state index contributed by atoms with van der Waals surface area (Å²) in [5.41, 5.74) is 2.50. The van der Waals surface area contributed by atoms with Crippen molar-refractivity contribution in [3.05, 3.63) is 71.2 Å². The number of fused-ring (bicyclic) bond motifs is 1. The van der Waals surface area contributed by atoms with Crippen LogP contribution in [0.5, 0.6) is 0 Å². The van der Waals surface area contributed by atoms with Crippen LogP contribution in [0.15, 0.2) is 48.7 Å². The number of aromatic nitrogens is 1. The molecule has 3 heterocycles. The third-order valence-corrected chi connectivity index (χ3v) is 8.36. The van der Waals surface area contributed by atoms with Crippen molar-refractivity contribution in [2.45, 2.75) is 63.5 Å². The molecule has 3 aromatic rings. The number of rotatable bonds is 7. The minimum Gasteiger partial charge on any atom is -0.475 e. The summed E-state index contributed by atoms with van der Waals surface area (Å²) in [5.74, 6) is -5.44. The summed E-state index contributed by atoms with van der Waals surface area (Å²) in [5, 5.41) is 9.88. The fourth-order valence-corrected chi connectivity index (χ4v) is 5.90. The number of halogens is 7. The molecule has 15 heteroatoms. The summed E-state index contributed by atoms with van der Waals surface area (Å²) in [6.07, 6.45) is -3.27. The minimum atomic E-state index is -5.08. The van der Waals surface area contributed by atoms with E-state index in [0.717, 1.165) is 37.1 Å². The van der Waals surface area contributed by atoms with Crippen LogP contribution < -0.4 is 5.32 Å². The van der Waals surface area contributed by atoms with Crippen LogP contribution in [0.2, 0.25) is 0 Å². The second-order valence-electron chi connectivity index (χ2n) is 11.6. The Bertz CT molecular complexity index is 1560. The molecule has 2 aromatic carbocycles. The van der Waals surface area contributed by atoms with Crippen LogP contribution in [0.3, 0.4) is 0 Å². The molecule has 0 saturated carbocycles. The van der Waals surface area contributed by atoms with Gasteiger partial charge in [-0.25, -0.2) is 9.18 Å². The summed E-state index contributed by atoms with van der Waals surface area (Å²) in [4.78, 5) is 37.9. The van der Waals surface area contributed by atoms with Gasteiger partial charge in [-0.2, -0.15) is 26.3 Å². The number of hydrogen-bond donors (Lipinski definition) is 2. The monoisotopic (exact) mass is 672 g/mol. The van der Waals surface area contributed by atoms with Crippen molar-refractivity contribution in [3.63, 3.8) is 0 Å². The van der Waals surface area contributed by atoms with E-state index in [1.807, 2.05) is 35.8 Å². The van der Waals surface area contributed by atoms with Crippen LogP contribution in [-0.4, -0.2) is 82.3 Å². The van der Waals surface area contributed by atoms with Gasteiger partial charge in [0.2, 0.25) is 0 Å². The highest BCUT2D eigenvalue weighted by Crippen LogP contribution is 2.32. The minimum absolute atomic E-state index is 0.0459. The van der Waals surface area contributed by atoms with Crippen LogP contribution in [0, 0.1) is 5.82 Å². The first kappa shape index (κ1) is 35.7. The number of nitrogens with one attached hydrogen (secondary N) is 1. The number of piperidine rings is 2. The average Bonchev–Trinajstić information content (AvgIpc) is 3.41. The highest BCUT2D eigenvalue weighted by molar-refractivity contribution is 6.07. The summed E-state index contributed by atoms with van der Waals surface area (Å²) < 4.78 is 86.1. The summed E-state index contributed by atoms with van der Waals surface area (Å²) >= 11 is 0. The molecule has 0 unspecified atom stereocenters. The molecule has 0 atom stereocenters. The van der Waals surface area contributed by atoms with Gasteiger partial charge in [0.15, 0.2) is 0 Å². The second kappa shape index (κ2) is 15.2. The van der Waals surface area contributed by atoms with Crippen LogP contribution in [0.1, 0.15) is 59.5 Å². The molecule has 0 aliphatic carbocycles. The van der Waals surface area contributed by atoms with Crippen molar-refractivity contribution in [1.29, 1.82) is 0 Å².